The highest BCUT2D eigenvalue weighted by molar-refractivity contribution is 6.39. The van der Waals surface area contributed by atoms with Gasteiger partial charge < -0.3 is 11.1 Å². The van der Waals surface area contributed by atoms with Crippen LogP contribution in [0.15, 0.2) is 30.3 Å². The molecular formula is C13H8Cl3FN2O. The molecule has 0 bridgehead atoms. The molecule has 0 unspecified atom stereocenters. The minimum atomic E-state index is -0.494. The molecule has 7 heteroatoms. The Balaban J connectivity index is 2.28. The number of nitrogens with two attached hydrogens (primary N) is 1. The largest absolute Gasteiger partial charge is 0.396 e. The predicted octanol–water partition coefficient (Wildman–Crippen LogP) is 4.62. The number of hydrogen-bond acceptors (Lipinski definition) is 2. The van der Waals surface area contributed by atoms with Crippen LogP contribution in [0.1, 0.15) is 10.4 Å². The molecule has 2 aromatic carbocycles. The lowest BCUT2D eigenvalue weighted by Crippen LogP contribution is -2.12. The Morgan fingerprint density at radius 2 is 1.65 bits per heavy atom. The van der Waals surface area contributed by atoms with Crippen molar-refractivity contribution in [3.05, 3.63) is 56.8 Å². The summed E-state index contributed by atoms with van der Waals surface area (Å²) in [7, 11) is 0. The molecule has 3 N–H and O–H groups in total. The first kappa shape index (κ1) is 14.9. The quantitative estimate of drug-likeness (QED) is 0.788. The average molecular weight is 334 g/mol. The standard InChI is InChI=1S/C13H8Cl3FN2O/c14-8-5-7(17)1-2-11(8)19-13(20)6-3-9(15)12(18)10(16)4-6/h1-5H,18H2,(H,19,20). The Kier molecular flexibility index (Phi) is 4.38. The van der Waals surface area contributed by atoms with Crippen molar-refractivity contribution in [1.29, 1.82) is 0 Å². The monoisotopic (exact) mass is 332 g/mol. The van der Waals surface area contributed by atoms with Gasteiger partial charge in [0, 0.05) is 5.56 Å². The zero-order chi connectivity index (χ0) is 14.9. The molecule has 104 valence electrons. The summed E-state index contributed by atoms with van der Waals surface area (Å²) in [6.07, 6.45) is 0. The van der Waals surface area contributed by atoms with Crippen molar-refractivity contribution in [2.75, 3.05) is 11.1 Å². The molecule has 0 atom stereocenters. The molecule has 0 fully saturated rings. The molecule has 0 heterocycles. The minimum absolute atomic E-state index is 0.0889. The topological polar surface area (TPSA) is 55.1 Å². The maximum Gasteiger partial charge on any atom is 0.255 e. The van der Waals surface area contributed by atoms with E-state index in [0.29, 0.717) is 0 Å². The van der Waals surface area contributed by atoms with Gasteiger partial charge in [0.05, 0.1) is 26.4 Å². The number of nitrogens with one attached hydrogen (secondary N) is 1. The Morgan fingerprint density at radius 3 is 2.20 bits per heavy atom. The summed E-state index contributed by atoms with van der Waals surface area (Å²) in [5.74, 6) is -0.978. The van der Waals surface area contributed by atoms with Gasteiger partial charge in [0.1, 0.15) is 5.82 Å². The van der Waals surface area contributed by atoms with E-state index >= 15 is 0 Å². The highest BCUT2D eigenvalue weighted by Gasteiger charge is 2.13. The van der Waals surface area contributed by atoms with Gasteiger partial charge in [-0.2, -0.15) is 0 Å². The number of rotatable bonds is 2. The van der Waals surface area contributed by atoms with Gasteiger partial charge in [-0.3, -0.25) is 4.79 Å². The number of halogens is 4. The lowest BCUT2D eigenvalue weighted by Gasteiger charge is -2.09. The Labute approximate surface area is 129 Å². The second-order valence-corrected chi connectivity index (χ2v) is 5.15. The first-order chi connectivity index (χ1) is 9.38. The average Bonchev–Trinajstić information content (AvgIpc) is 2.38. The predicted molar refractivity (Wildman–Crippen MR) is 80.2 cm³/mol. The summed E-state index contributed by atoms with van der Waals surface area (Å²) >= 11 is 17.5. The van der Waals surface area contributed by atoms with E-state index in [-0.39, 0.29) is 32.0 Å². The van der Waals surface area contributed by atoms with Gasteiger partial charge in [-0.25, -0.2) is 4.39 Å². The van der Waals surface area contributed by atoms with E-state index in [4.69, 9.17) is 40.5 Å². The highest BCUT2D eigenvalue weighted by Crippen LogP contribution is 2.29. The van der Waals surface area contributed by atoms with Crippen LogP contribution in [-0.4, -0.2) is 5.91 Å². The number of hydrogen-bond donors (Lipinski definition) is 2. The van der Waals surface area contributed by atoms with Crippen LogP contribution in [0.4, 0.5) is 15.8 Å². The maximum atomic E-state index is 12.9. The number of nitrogen functional groups attached to an aromatic ring is 1. The number of anilines is 2. The minimum Gasteiger partial charge on any atom is -0.396 e. The van der Waals surface area contributed by atoms with Crippen LogP contribution < -0.4 is 11.1 Å². The van der Waals surface area contributed by atoms with Crippen LogP contribution in [0.2, 0.25) is 15.1 Å². The number of carbonyl (C=O) groups is 1. The molecule has 0 aromatic heterocycles. The lowest BCUT2D eigenvalue weighted by atomic mass is 10.2. The third-order valence-electron chi connectivity index (χ3n) is 2.52. The van der Waals surface area contributed by atoms with Gasteiger partial charge in [0.2, 0.25) is 0 Å². The fourth-order valence-corrected chi connectivity index (χ4v) is 2.20. The second kappa shape index (κ2) is 5.87. The zero-order valence-corrected chi connectivity index (χ0v) is 12.2. The van der Waals surface area contributed by atoms with Crippen LogP contribution >= 0.6 is 34.8 Å². The van der Waals surface area contributed by atoms with Gasteiger partial charge in [0.15, 0.2) is 0 Å². The lowest BCUT2D eigenvalue weighted by molar-refractivity contribution is 0.102. The highest BCUT2D eigenvalue weighted by atomic mass is 35.5. The number of amides is 1. The normalized spacial score (nSPS) is 10.4. The van der Waals surface area contributed by atoms with E-state index in [1.807, 2.05) is 0 Å². The summed E-state index contributed by atoms with van der Waals surface area (Å²) in [6.45, 7) is 0. The summed E-state index contributed by atoms with van der Waals surface area (Å²) in [5.41, 5.74) is 6.28. The fraction of sp³-hybridized carbons (Fsp3) is 0. The summed E-state index contributed by atoms with van der Waals surface area (Å²) in [6, 6.07) is 6.41. The van der Waals surface area contributed by atoms with Crippen molar-refractivity contribution in [1.82, 2.24) is 0 Å². The molecule has 2 rings (SSSR count). The van der Waals surface area contributed by atoms with Crippen molar-refractivity contribution in [3.8, 4) is 0 Å². The Hall–Kier alpha value is -1.49. The zero-order valence-electron chi connectivity index (χ0n) is 9.88. The summed E-state index contributed by atoms with van der Waals surface area (Å²) in [4.78, 5) is 12.0. The van der Waals surface area contributed by atoms with E-state index < -0.39 is 11.7 Å². The van der Waals surface area contributed by atoms with E-state index in [0.717, 1.165) is 6.07 Å². The first-order valence-corrected chi connectivity index (χ1v) is 6.53. The van der Waals surface area contributed by atoms with Crippen LogP contribution in [-0.2, 0) is 0 Å². The molecule has 3 nitrogen and oxygen atoms in total. The molecule has 0 spiro atoms. The van der Waals surface area contributed by atoms with E-state index in [9.17, 15) is 9.18 Å². The molecular weight excluding hydrogens is 326 g/mol. The Morgan fingerprint density at radius 1 is 1.05 bits per heavy atom. The van der Waals surface area contributed by atoms with E-state index in [1.165, 1.54) is 24.3 Å². The molecule has 0 aliphatic rings. The molecule has 0 radical (unpaired) electrons. The van der Waals surface area contributed by atoms with Gasteiger partial charge in [-0.15, -0.1) is 0 Å². The van der Waals surface area contributed by atoms with E-state index in [2.05, 4.69) is 5.32 Å². The molecule has 0 aliphatic heterocycles. The van der Waals surface area contributed by atoms with Crippen molar-refractivity contribution in [3.63, 3.8) is 0 Å². The number of carbonyl (C=O) groups excluding carboxylic acids is 1. The van der Waals surface area contributed by atoms with Gasteiger partial charge in [-0.1, -0.05) is 34.8 Å². The first-order valence-electron chi connectivity index (χ1n) is 5.39. The van der Waals surface area contributed by atoms with Crippen LogP contribution in [0, 0.1) is 5.82 Å². The Bertz CT molecular complexity index is 668. The third kappa shape index (κ3) is 3.15. The van der Waals surface area contributed by atoms with Gasteiger partial charge in [-0.05, 0) is 30.3 Å². The van der Waals surface area contributed by atoms with Gasteiger partial charge >= 0.3 is 0 Å². The van der Waals surface area contributed by atoms with Crippen molar-refractivity contribution >= 4 is 52.1 Å². The van der Waals surface area contributed by atoms with Crippen molar-refractivity contribution in [2.24, 2.45) is 0 Å². The smallest absolute Gasteiger partial charge is 0.255 e. The van der Waals surface area contributed by atoms with E-state index in [1.54, 1.807) is 0 Å². The fourth-order valence-electron chi connectivity index (χ4n) is 1.50. The number of benzene rings is 2. The second-order valence-electron chi connectivity index (χ2n) is 3.93. The SMILES string of the molecule is Nc1c(Cl)cc(C(=O)Nc2ccc(F)cc2Cl)cc1Cl. The van der Waals surface area contributed by atoms with Crippen molar-refractivity contribution < 1.29 is 9.18 Å². The van der Waals surface area contributed by atoms with Crippen molar-refractivity contribution in [2.45, 2.75) is 0 Å². The third-order valence-corrected chi connectivity index (χ3v) is 3.46. The molecule has 0 saturated heterocycles. The summed E-state index contributed by atoms with van der Waals surface area (Å²) < 4.78 is 12.9. The summed E-state index contributed by atoms with van der Waals surface area (Å²) in [5, 5.41) is 2.97. The molecule has 1 amide bonds. The van der Waals surface area contributed by atoms with Crippen LogP contribution in [0.3, 0.4) is 0 Å². The van der Waals surface area contributed by atoms with Gasteiger partial charge in [0.25, 0.3) is 5.91 Å². The van der Waals surface area contributed by atoms with Crippen LogP contribution in [0.5, 0.6) is 0 Å². The van der Waals surface area contributed by atoms with Crippen LogP contribution in [0.25, 0.3) is 0 Å². The molecule has 20 heavy (non-hydrogen) atoms. The maximum absolute atomic E-state index is 12.9. The molecule has 2 aromatic rings. The molecule has 0 saturated carbocycles. The molecule has 0 aliphatic carbocycles.